The van der Waals surface area contributed by atoms with E-state index in [1.54, 1.807) is 18.2 Å². The average molecular weight is 353 g/mol. The van der Waals surface area contributed by atoms with Crippen LogP contribution in [0.3, 0.4) is 0 Å². The number of nitrogens with one attached hydrogen (secondary N) is 1. The van der Waals surface area contributed by atoms with Crippen molar-refractivity contribution in [1.29, 1.82) is 0 Å². The Hall–Kier alpha value is -2.49. The smallest absolute Gasteiger partial charge is 0.228 e. The number of amides is 1. The van der Waals surface area contributed by atoms with Gasteiger partial charge in [-0.3, -0.25) is 4.79 Å². The molecule has 0 heterocycles. The molecule has 3 rings (SSSR count). The summed E-state index contributed by atoms with van der Waals surface area (Å²) in [6.45, 7) is 2.32. The van der Waals surface area contributed by atoms with Crippen LogP contribution in [0.2, 0.25) is 0 Å². The van der Waals surface area contributed by atoms with Crippen LogP contribution < -0.4 is 10.1 Å². The van der Waals surface area contributed by atoms with Crippen LogP contribution >= 0.6 is 0 Å². The minimum Gasteiger partial charge on any atom is -0.504 e. The van der Waals surface area contributed by atoms with Crippen molar-refractivity contribution in [2.45, 2.75) is 44.9 Å². The van der Waals surface area contributed by atoms with Gasteiger partial charge in [-0.15, -0.1) is 0 Å². The first kappa shape index (κ1) is 18.3. The lowest BCUT2D eigenvalue weighted by atomic mass is 9.79. The fourth-order valence-electron chi connectivity index (χ4n) is 3.69. The summed E-state index contributed by atoms with van der Waals surface area (Å²) in [6.07, 6.45) is 5.26. The van der Waals surface area contributed by atoms with E-state index in [0.29, 0.717) is 11.7 Å². The summed E-state index contributed by atoms with van der Waals surface area (Å²) in [5.74, 6) is 1.81. The molecule has 0 bridgehead atoms. The van der Waals surface area contributed by atoms with Crippen LogP contribution in [0.4, 0.5) is 5.69 Å². The molecule has 1 amide bonds. The highest BCUT2D eigenvalue weighted by Gasteiger charge is 2.20. The minimum atomic E-state index is -0.0767. The van der Waals surface area contributed by atoms with Gasteiger partial charge in [0.25, 0.3) is 0 Å². The summed E-state index contributed by atoms with van der Waals surface area (Å²) in [5.41, 5.74) is 2.97. The van der Waals surface area contributed by atoms with E-state index in [1.807, 2.05) is 12.1 Å². The van der Waals surface area contributed by atoms with Crippen LogP contribution in [0.5, 0.6) is 11.5 Å². The van der Waals surface area contributed by atoms with Gasteiger partial charge in [-0.2, -0.15) is 0 Å². The number of aromatic hydroxyl groups is 1. The quantitative estimate of drug-likeness (QED) is 0.806. The van der Waals surface area contributed by atoms with Crippen molar-refractivity contribution in [1.82, 2.24) is 0 Å². The van der Waals surface area contributed by atoms with E-state index in [2.05, 4.69) is 24.4 Å². The largest absolute Gasteiger partial charge is 0.504 e. The van der Waals surface area contributed by atoms with Crippen LogP contribution in [0.25, 0.3) is 0 Å². The Labute approximate surface area is 155 Å². The second-order valence-corrected chi connectivity index (χ2v) is 7.31. The summed E-state index contributed by atoms with van der Waals surface area (Å²) in [7, 11) is 1.50. The van der Waals surface area contributed by atoms with E-state index in [4.69, 9.17) is 4.74 Å². The number of rotatable bonds is 5. The number of anilines is 1. The molecule has 1 fully saturated rings. The van der Waals surface area contributed by atoms with Gasteiger partial charge in [-0.1, -0.05) is 38.0 Å². The van der Waals surface area contributed by atoms with Crippen LogP contribution in [0.15, 0.2) is 42.5 Å². The zero-order valence-electron chi connectivity index (χ0n) is 15.5. The summed E-state index contributed by atoms with van der Waals surface area (Å²) in [6, 6.07) is 13.2. The van der Waals surface area contributed by atoms with Gasteiger partial charge in [0.1, 0.15) is 0 Å². The molecular weight excluding hydrogens is 326 g/mol. The molecular formula is C22H27NO3. The first-order chi connectivity index (χ1) is 12.5. The topological polar surface area (TPSA) is 58.6 Å². The number of phenolic OH excluding ortho intramolecular Hbond substituents is 1. The molecule has 0 saturated heterocycles. The number of benzene rings is 2. The van der Waals surface area contributed by atoms with Gasteiger partial charge in [0, 0.05) is 5.69 Å². The van der Waals surface area contributed by atoms with Crippen molar-refractivity contribution in [2.24, 2.45) is 5.92 Å². The van der Waals surface area contributed by atoms with Crippen molar-refractivity contribution >= 4 is 11.6 Å². The molecule has 4 nitrogen and oxygen atoms in total. The predicted molar refractivity (Wildman–Crippen MR) is 104 cm³/mol. The highest BCUT2D eigenvalue weighted by atomic mass is 16.5. The molecule has 0 radical (unpaired) electrons. The predicted octanol–water partition coefficient (Wildman–Crippen LogP) is 4.88. The normalized spacial score (nSPS) is 19.8. The molecule has 1 aliphatic rings. The maximum Gasteiger partial charge on any atom is 0.228 e. The Balaban J connectivity index is 1.63. The Morgan fingerprint density at radius 3 is 2.65 bits per heavy atom. The molecule has 0 atom stereocenters. The number of methoxy groups -OCH3 is 1. The van der Waals surface area contributed by atoms with Gasteiger partial charge < -0.3 is 15.2 Å². The van der Waals surface area contributed by atoms with Crippen molar-refractivity contribution in [3.05, 3.63) is 53.6 Å². The maximum absolute atomic E-state index is 12.4. The van der Waals surface area contributed by atoms with Crippen LogP contribution in [0.1, 0.15) is 49.7 Å². The fraction of sp³-hybridized carbons (Fsp3) is 0.409. The Kier molecular flexibility index (Phi) is 5.82. The SMILES string of the molecule is COc1cc(CC(=O)Nc2cccc(C3CCC(C)CC3)c2)ccc1O. The molecule has 0 spiro atoms. The molecule has 2 aromatic carbocycles. The fourth-order valence-corrected chi connectivity index (χ4v) is 3.69. The molecule has 1 aliphatic carbocycles. The first-order valence-corrected chi connectivity index (χ1v) is 9.31. The van der Waals surface area contributed by atoms with Crippen LogP contribution in [-0.2, 0) is 11.2 Å². The summed E-state index contributed by atoms with van der Waals surface area (Å²) in [4.78, 5) is 12.4. The monoisotopic (exact) mass is 353 g/mol. The van der Waals surface area contributed by atoms with Gasteiger partial charge in [0.2, 0.25) is 5.91 Å². The summed E-state index contributed by atoms with van der Waals surface area (Å²) >= 11 is 0. The van der Waals surface area contributed by atoms with Gasteiger partial charge >= 0.3 is 0 Å². The van der Waals surface area contributed by atoms with Gasteiger partial charge in [0.15, 0.2) is 11.5 Å². The zero-order valence-corrected chi connectivity index (χ0v) is 15.5. The minimum absolute atomic E-state index is 0.0751. The van der Waals surface area contributed by atoms with E-state index in [9.17, 15) is 9.90 Å². The molecule has 2 aromatic rings. The summed E-state index contributed by atoms with van der Waals surface area (Å²) in [5, 5.41) is 12.6. The van der Waals surface area contributed by atoms with E-state index >= 15 is 0 Å². The molecule has 0 unspecified atom stereocenters. The third-order valence-electron chi connectivity index (χ3n) is 5.27. The third-order valence-corrected chi connectivity index (χ3v) is 5.27. The van der Waals surface area contributed by atoms with Crippen molar-refractivity contribution in [2.75, 3.05) is 12.4 Å². The second kappa shape index (κ2) is 8.26. The standard InChI is InChI=1S/C22H27NO3/c1-15-6-9-17(10-7-15)18-4-3-5-19(14-18)23-22(25)13-16-8-11-20(24)21(12-16)26-2/h3-5,8,11-12,14-15,17,24H,6-7,9-10,13H2,1-2H3,(H,23,25). The van der Waals surface area contributed by atoms with Gasteiger partial charge in [-0.05, 0) is 60.1 Å². The van der Waals surface area contributed by atoms with E-state index in [1.165, 1.54) is 38.4 Å². The molecule has 2 N–H and O–H groups in total. The number of carbonyl (C=O) groups is 1. The van der Waals surface area contributed by atoms with Crippen molar-refractivity contribution in [3.63, 3.8) is 0 Å². The number of ether oxygens (including phenoxy) is 1. The average Bonchev–Trinajstić information content (AvgIpc) is 2.64. The maximum atomic E-state index is 12.4. The number of hydrogen-bond donors (Lipinski definition) is 2. The van der Waals surface area contributed by atoms with Crippen LogP contribution in [0, 0.1) is 5.92 Å². The Morgan fingerprint density at radius 1 is 1.15 bits per heavy atom. The number of carbonyl (C=O) groups excluding carboxylic acids is 1. The van der Waals surface area contributed by atoms with Crippen LogP contribution in [-0.4, -0.2) is 18.1 Å². The molecule has 138 valence electrons. The highest BCUT2D eigenvalue weighted by Crippen LogP contribution is 2.36. The Bertz CT molecular complexity index is 764. The molecule has 26 heavy (non-hydrogen) atoms. The molecule has 4 heteroatoms. The lowest BCUT2D eigenvalue weighted by Crippen LogP contribution is -2.15. The first-order valence-electron chi connectivity index (χ1n) is 9.31. The summed E-state index contributed by atoms with van der Waals surface area (Å²) < 4.78 is 5.09. The molecule has 1 saturated carbocycles. The van der Waals surface area contributed by atoms with Crippen molar-refractivity contribution in [3.8, 4) is 11.5 Å². The number of phenols is 1. The lowest BCUT2D eigenvalue weighted by Gasteiger charge is -2.26. The zero-order chi connectivity index (χ0) is 18.5. The van der Waals surface area contributed by atoms with E-state index in [0.717, 1.165) is 17.2 Å². The van der Waals surface area contributed by atoms with E-state index in [-0.39, 0.29) is 18.1 Å². The third kappa shape index (κ3) is 4.57. The lowest BCUT2D eigenvalue weighted by molar-refractivity contribution is -0.115. The Morgan fingerprint density at radius 2 is 1.92 bits per heavy atom. The highest BCUT2D eigenvalue weighted by molar-refractivity contribution is 5.92. The van der Waals surface area contributed by atoms with Crippen molar-refractivity contribution < 1.29 is 14.6 Å². The van der Waals surface area contributed by atoms with Gasteiger partial charge in [0.05, 0.1) is 13.5 Å². The molecule has 0 aliphatic heterocycles. The second-order valence-electron chi connectivity index (χ2n) is 7.31. The number of hydrogen-bond acceptors (Lipinski definition) is 3. The van der Waals surface area contributed by atoms with Gasteiger partial charge in [-0.25, -0.2) is 0 Å². The van der Waals surface area contributed by atoms with E-state index < -0.39 is 0 Å². The molecule has 0 aromatic heterocycles.